The van der Waals surface area contributed by atoms with E-state index >= 15 is 0 Å². The quantitative estimate of drug-likeness (QED) is 0.749. The van der Waals surface area contributed by atoms with Gasteiger partial charge < -0.3 is 15.5 Å². The lowest BCUT2D eigenvalue weighted by Gasteiger charge is -2.22. The van der Waals surface area contributed by atoms with Crippen LogP contribution in [0.1, 0.15) is 53.3 Å². The molecular weight excluding hydrogens is 354 g/mol. The Labute approximate surface area is 165 Å². The number of piperidine rings is 1. The summed E-state index contributed by atoms with van der Waals surface area (Å²) < 4.78 is 1.88. The first kappa shape index (κ1) is 18.7. The summed E-state index contributed by atoms with van der Waals surface area (Å²) in [7, 11) is 0. The lowest BCUT2D eigenvalue weighted by Crippen LogP contribution is -2.32. The SMILES string of the molecule is O=C(NCCCC(=O)N1Cc2ccccc2C1)c1ccn(C2CCCNC2)n1. The van der Waals surface area contributed by atoms with Crippen LogP contribution in [0.25, 0.3) is 0 Å². The fraction of sp³-hybridized carbons (Fsp3) is 0.476. The lowest BCUT2D eigenvalue weighted by atomic mass is 10.1. The van der Waals surface area contributed by atoms with E-state index in [4.69, 9.17) is 0 Å². The molecule has 2 aliphatic heterocycles. The molecule has 7 nitrogen and oxygen atoms in total. The molecule has 2 aliphatic rings. The van der Waals surface area contributed by atoms with Gasteiger partial charge in [0.2, 0.25) is 5.91 Å². The second-order valence-electron chi connectivity index (χ2n) is 7.56. The van der Waals surface area contributed by atoms with Crippen molar-refractivity contribution in [1.29, 1.82) is 0 Å². The molecule has 7 heteroatoms. The zero-order valence-corrected chi connectivity index (χ0v) is 16.1. The highest BCUT2D eigenvalue weighted by molar-refractivity contribution is 5.92. The van der Waals surface area contributed by atoms with Crippen molar-refractivity contribution in [3.05, 3.63) is 53.3 Å². The van der Waals surface area contributed by atoms with Crippen LogP contribution in [0.5, 0.6) is 0 Å². The molecule has 0 spiro atoms. The summed E-state index contributed by atoms with van der Waals surface area (Å²) in [5.74, 6) is -0.0388. The van der Waals surface area contributed by atoms with Gasteiger partial charge in [-0.15, -0.1) is 0 Å². The number of fused-ring (bicyclic) bond motifs is 1. The topological polar surface area (TPSA) is 79.3 Å². The number of nitrogens with zero attached hydrogens (tertiary/aromatic N) is 3. The van der Waals surface area contributed by atoms with Crippen LogP contribution >= 0.6 is 0 Å². The Balaban J connectivity index is 1.19. The van der Waals surface area contributed by atoms with Crippen molar-refractivity contribution in [2.45, 2.75) is 44.8 Å². The Morgan fingerprint density at radius 3 is 2.68 bits per heavy atom. The minimum atomic E-state index is -0.177. The minimum Gasteiger partial charge on any atom is -0.351 e. The van der Waals surface area contributed by atoms with Crippen LogP contribution in [-0.4, -0.2) is 46.1 Å². The predicted molar refractivity (Wildman–Crippen MR) is 106 cm³/mol. The first-order chi connectivity index (χ1) is 13.7. The molecule has 1 saturated heterocycles. The number of carbonyl (C=O) groups is 2. The summed E-state index contributed by atoms with van der Waals surface area (Å²) in [6.07, 6.45) is 5.16. The first-order valence-corrected chi connectivity index (χ1v) is 10.1. The van der Waals surface area contributed by atoms with Crippen LogP contribution in [0.15, 0.2) is 36.5 Å². The second kappa shape index (κ2) is 8.56. The third-order valence-corrected chi connectivity index (χ3v) is 5.53. The van der Waals surface area contributed by atoms with Gasteiger partial charge in [-0.2, -0.15) is 5.10 Å². The third kappa shape index (κ3) is 4.25. The number of amides is 2. The summed E-state index contributed by atoms with van der Waals surface area (Å²) in [4.78, 5) is 26.6. The molecule has 0 bridgehead atoms. The highest BCUT2D eigenvalue weighted by Crippen LogP contribution is 2.22. The van der Waals surface area contributed by atoms with Gasteiger partial charge in [0.1, 0.15) is 5.69 Å². The molecule has 2 aromatic rings. The molecule has 1 atom stereocenters. The van der Waals surface area contributed by atoms with E-state index in [2.05, 4.69) is 27.9 Å². The van der Waals surface area contributed by atoms with Gasteiger partial charge in [-0.3, -0.25) is 14.3 Å². The minimum absolute atomic E-state index is 0.138. The summed E-state index contributed by atoms with van der Waals surface area (Å²) in [5, 5.41) is 10.7. The number of aromatic nitrogens is 2. The van der Waals surface area contributed by atoms with Crippen molar-refractivity contribution < 1.29 is 9.59 Å². The molecule has 1 unspecified atom stereocenters. The van der Waals surface area contributed by atoms with E-state index in [-0.39, 0.29) is 11.8 Å². The molecule has 2 N–H and O–H groups in total. The maximum Gasteiger partial charge on any atom is 0.271 e. The van der Waals surface area contributed by atoms with Gasteiger partial charge in [0.05, 0.1) is 6.04 Å². The Morgan fingerprint density at radius 2 is 1.96 bits per heavy atom. The van der Waals surface area contributed by atoms with E-state index in [1.807, 2.05) is 27.9 Å². The van der Waals surface area contributed by atoms with Crippen LogP contribution in [0.2, 0.25) is 0 Å². The fourth-order valence-corrected chi connectivity index (χ4v) is 3.92. The van der Waals surface area contributed by atoms with E-state index < -0.39 is 0 Å². The molecule has 0 aliphatic carbocycles. The first-order valence-electron chi connectivity index (χ1n) is 10.1. The Kier molecular flexibility index (Phi) is 5.71. The number of hydrogen-bond acceptors (Lipinski definition) is 4. The molecule has 4 rings (SSSR count). The molecule has 1 aromatic carbocycles. The van der Waals surface area contributed by atoms with E-state index in [0.29, 0.717) is 44.2 Å². The van der Waals surface area contributed by atoms with Crippen LogP contribution < -0.4 is 10.6 Å². The summed E-state index contributed by atoms with van der Waals surface area (Å²) >= 11 is 0. The molecule has 2 amide bonds. The fourth-order valence-electron chi connectivity index (χ4n) is 3.92. The van der Waals surface area contributed by atoms with E-state index in [1.165, 1.54) is 11.1 Å². The van der Waals surface area contributed by atoms with Crippen molar-refractivity contribution in [3.8, 4) is 0 Å². The van der Waals surface area contributed by atoms with E-state index in [1.54, 1.807) is 6.07 Å². The molecule has 0 saturated carbocycles. The van der Waals surface area contributed by atoms with Gasteiger partial charge in [-0.05, 0) is 43.0 Å². The monoisotopic (exact) mass is 381 g/mol. The van der Waals surface area contributed by atoms with Crippen LogP contribution in [-0.2, 0) is 17.9 Å². The highest BCUT2D eigenvalue weighted by atomic mass is 16.2. The second-order valence-corrected chi connectivity index (χ2v) is 7.56. The lowest BCUT2D eigenvalue weighted by molar-refractivity contribution is -0.131. The van der Waals surface area contributed by atoms with Gasteiger partial charge in [0.15, 0.2) is 0 Å². The Bertz CT molecular complexity index is 816. The maximum absolute atomic E-state index is 12.4. The summed E-state index contributed by atoms with van der Waals surface area (Å²) in [6.45, 7) is 3.80. The van der Waals surface area contributed by atoms with Crippen molar-refractivity contribution in [3.63, 3.8) is 0 Å². The van der Waals surface area contributed by atoms with E-state index in [9.17, 15) is 9.59 Å². The van der Waals surface area contributed by atoms with Crippen LogP contribution in [0.3, 0.4) is 0 Å². The number of nitrogens with one attached hydrogen (secondary N) is 2. The Hall–Kier alpha value is -2.67. The molecule has 1 fully saturated rings. The number of benzene rings is 1. The molecular formula is C21H27N5O2. The van der Waals surface area contributed by atoms with Gasteiger partial charge >= 0.3 is 0 Å². The van der Waals surface area contributed by atoms with Gasteiger partial charge in [0.25, 0.3) is 5.91 Å². The van der Waals surface area contributed by atoms with Gasteiger partial charge in [0, 0.05) is 38.8 Å². The van der Waals surface area contributed by atoms with Gasteiger partial charge in [-0.1, -0.05) is 24.3 Å². The normalized spacial score (nSPS) is 18.7. The standard InChI is InChI=1S/C21H27N5O2/c27-20(25-14-16-5-1-2-6-17(16)15-25)8-4-11-23-21(28)19-9-12-26(24-19)18-7-3-10-22-13-18/h1-2,5-6,9,12,18,22H,3-4,7-8,10-11,13-15H2,(H,23,28). The van der Waals surface area contributed by atoms with Crippen molar-refractivity contribution in [1.82, 2.24) is 25.3 Å². The average molecular weight is 381 g/mol. The number of carbonyl (C=O) groups excluding carboxylic acids is 2. The predicted octanol–water partition coefficient (Wildman–Crippen LogP) is 1.86. The number of rotatable bonds is 6. The maximum atomic E-state index is 12.4. The molecule has 3 heterocycles. The molecule has 0 radical (unpaired) electrons. The number of hydrogen-bond donors (Lipinski definition) is 2. The van der Waals surface area contributed by atoms with Crippen molar-refractivity contribution >= 4 is 11.8 Å². The Morgan fingerprint density at radius 1 is 1.18 bits per heavy atom. The van der Waals surface area contributed by atoms with Gasteiger partial charge in [-0.25, -0.2) is 0 Å². The molecule has 28 heavy (non-hydrogen) atoms. The van der Waals surface area contributed by atoms with E-state index in [0.717, 1.165) is 25.9 Å². The summed E-state index contributed by atoms with van der Waals surface area (Å²) in [5.41, 5.74) is 2.90. The van der Waals surface area contributed by atoms with Crippen LogP contribution in [0, 0.1) is 0 Å². The highest BCUT2D eigenvalue weighted by Gasteiger charge is 2.22. The zero-order valence-electron chi connectivity index (χ0n) is 16.1. The third-order valence-electron chi connectivity index (χ3n) is 5.53. The zero-order chi connectivity index (χ0) is 19.3. The van der Waals surface area contributed by atoms with Crippen molar-refractivity contribution in [2.75, 3.05) is 19.6 Å². The largest absolute Gasteiger partial charge is 0.351 e. The van der Waals surface area contributed by atoms with Crippen molar-refractivity contribution in [2.24, 2.45) is 0 Å². The summed E-state index contributed by atoms with van der Waals surface area (Å²) in [6, 6.07) is 10.2. The molecule has 148 valence electrons. The average Bonchev–Trinajstić information content (AvgIpc) is 3.39. The van der Waals surface area contributed by atoms with Crippen LogP contribution in [0.4, 0.5) is 0 Å². The smallest absolute Gasteiger partial charge is 0.271 e. The molecule has 1 aromatic heterocycles.